The number of para-hydroxylation sites is 1. The average Bonchev–Trinajstić information content (AvgIpc) is 2.80. The third-order valence-electron chi connectivity index (χ3n) is 3.68. The fraction of sp³-hybridized carbons (Fsp3) is 0.353. The van der Waals surface area contributed by atoms with Crippen molar-refractivity contribution in [1.82, 2.24) is 20.4 Å². The third-order valence-corrected chi connectivity index (χ3v) is 3.68. The molecule has 0 aliphatic rings. The molecular weight excluding hydrogens is 311 g/mol. The van der Waals surface area contributed by atoms with Gasteiger partial charge in [-0.05, 0) is 26.0 Å². The number of carbonyl (C=O) groups is 2. The summed E-state index contributed by atoms with van der Waals surface area (Å²) in [6, 6.07) is 6.38. The second kappa shape index (κ2) is 7.72. The van der Waals surface area contributed by atoms with Gasteiger partial charge in [0, 0.05) is 31.3 Å². The van der Waals surface area contributed by atoms with Gasteiger partial charge in [-0.3, -0.25) is 9.59 Å². The highest BCUT2D eigenvalue weighted by molar-refractivity contribution is 5.79. The van der Waals surface area contributed by atoms with Crippen molar-refractivity contribution in [2.75, 3.05) is 13.1 Å². The normalized spacial score (nSPS) is 10.5. The fourth-order valence-corrected chi connectivity index (χ4v) is 2.45. The first-order valence-electron chi connectivity index (χ1n) is 7.71. The first-order chi connectivity index (χ1) is 11.4. The number of amides is 2. The van der Waals surface area contributed by atoms with E-state index in [1.807, 2.05) is 6.92 Å². The first-order valence-corrected chi connectivity index (χ1v) is 7.71. The van der Waals surface area contributed by atoms with Gasteiger partial charge in [0.2, 0.25) is 11.8 Å². The lowest BCUT2D eigenvalue weighted by molar-refractivity contribution is -0.121. The van der Waals surface area contributed by atoms with Gasteiger partial charge in [-0.1, -0.05) is 12.1 Å². The zero-order valence-corrected chi connectivity index (χ0v) is 14.0. The van der Waals surface area contributed by atoms with Crippen LogP contribution in [0, 0.1) is 19.7 Å². The zero-order chi connectivity index (χ0) is 17.7. The molecule has 1 heterocycles. The van der Waals surface area contributed by atoms with Gasteiger partial charge >= 0.3 is 0 Å². The van der Waals surface area contributed by atoms with Crippen LogP contribution >= 0.6 is 0 Å². The molecule has 0 saturated heterocycles. The Morgan fingerprint density at radius 2 is 1.83 bits per heavy atom. The van der Waals surface area contributed by atoms with E-state index in [1.165, 1.54) is 17.7 Å². The molecule has 2 rings (SSSR count). The molecule has 0 spiro atoms. The van der Waals surface area contributed by atoms with Gasteiger partial charge in [-0.2, -0.15) is 5.10 Å². The molecule has 0 saturated carbocycles. The molecule has 0 bridgehead atoms. The maximum atomic E-state index is 14.0. The van der Waals surface area contributed by atoms with Gasteiger partial charge in [-0.25, -0.2) is 9.07 Å². The van der Waals surface area contributed by atoms with E-state index in [-0.39, 0.29) is 24.1 Å². The van der Waals surface area contributed by atoms with Crippen molar-refractivity contribution in [3.63, 3.8) is 0 Å². The molecule has 0 aliphatic carbocycles. The minimum absolute atomic E-state index is 0.137. The summed E-state index contributed by atoms with van der Waals surface area (Å²) in [5.41, 5.74) is 2.55. The van der Waals surface area contributed by atoms with Crippen molar-refractivity contribution in [3.05, 3.63) is 47.0 Å². The van der Waals surface area contributed by atoms with E-state index in [9.17, 15) is 14.0 Å². The van der Waals surface area contributed by atoms with Crippen molar-refractivity contribution in [1.29, 1.82) is 0 Å². The predicted octanol–water partition coefficient (Wildman–Crippen LogP) is 1.42. The van der Waals surface area contributed by atoms with Crippen molar-refractivity contribution in [3.8, 4) is 5.69 Å². The van der Waals surface area contributed by atoms with Crippen molar-refractivity contribution in [2.45, 2.75) is 27.2 Å². The first kappa shape index (κ1) is 17.7. The highest BCUT2D eigenvalue weighted by Crippen LogP contribution is 2.20. The monoisotopic (exact) mass is 332 g/mol. The fourth-order valence-electron chi connectivity index (χ4n) is 2.45. The number of hydrogen-bond acceptors (Lipinski definition) is 3. The summed E-state index contributed by atoms with van der Waals surface area (Å²) in [7, 11) is 0. The van der Waals surface area contributed by atoms with E-state index >= 15 is 0 Å². The van der Waals surface area contributed by atoms with E-state index in [2.05, 4.69) is 15.7 Å². The summed E-state index contributed by atoms with van der Waals surface area (Å²) < 4.78 is 15.5. The molecule has 2 N–H and O–H groups in total. The maximum absolute atomic E-state index is 14.0. The van der Waals surface area contributed by atoms with Crippen LogP contribution in [0.2, 0.25) is 0 Å². The van der Waals surface area contributed by atoms with E-state index in [0.29, 0.717) is 24.5 Å². The number of nitrogens with zero attached hydrogens (tertiary/aromatic N) is 2. The van der Waals surface area contributed by atoms with Crippen LogP contribution in [0.5, 0.6) is 0 Å². The average molecular weight is 332 g/mol. The van der Waals surface area contributed by atoms with Crippen LogP contribution in [0.4, 0.5) is 4.39 Å². The number of aromatic nitrogens is 2. The van der Waals surface area contributed by atoms with Crippen LogP contribution in [-0.2, 0) is 16.0 Å². The van der Waals surface area contributed by atoms with Crippen molar-refractivity contribution < 1.29 is 14.0 Å². The Morgan fingerprint density at radius 1 is 1.17 bits per heavy atom. The molecule has 1 aromatic carbocycles. The molecule has 6 nitrogen and oxygen atoms in total. The summed E-state index contributed by atoms with van der Waals surface area (Å²) in [5.74, 6) is -0.670. The third kappa shape index (κ3) is 4.18. The highest BCUT2D eigenvalue weighted by Gasteiger charge is 2.17. The molecule has 128 valence electrons. The lowest BCUT2D eigenvalue weighted by atomic mass is 10.1. The quantitative estimate of drug-likeness (QED) is 0.786. The Labute approximate surface area is 140 Å². The molecule has 2 aromatic rings. The lowest BCUT2D eigenvalue weighted by Crippen LogP contribution is -2.34. The molecule has 0 fully saturated rings. The Bertz CT molecular complexity index is 755. The van der Waals surface area contributed by atoms with Gasteiger partial charge < -0.3 is 10.6 Å². The number of rotatable bonds is 6. The van der Waals surface area contributed by atoms with Gasteiger partial charge in [0.05, 0.1) is 12.1 Å². The summed E-state index contributed by atoms with van der Waals surface area (Å²) in [6.07, 6.45) is 0.159. The van der Waals surface area contributed by atoms with Crippen LogP contribution in [0.15, 0.2) is 24.3 Å². The van der Waals surface area contributed by atoms with E-state index < -0.39 is 0 Å². The second-order valence-electron chi connectivity index (χ2n) is 5.52. The highest BCUT2D eigenvalue weighted by atomic mass is 19.1. The topological polar surface area (TPSA) is 76.0 Å². The number of nitrogens with one attached hydrogen (secondary N) is 2. The van der Waals surface area contributed by atoms with Crippen molar-refractivity contribution >= 4 is 11.8 Å². The van der Waals surface area contributed by atoms with Crippen LogP contribution in [0.25, 0.3) is 5.69 Å². The van der Waals surface area contributed by atoms with Crippen LogP contribution in [-0.4, -0.2) is 34.7 Å². The number of carbonyl (C=O) groups excluding carboxylic acids is 2. The number of aryl methyl sites for hydroxylation is 1. The SMILES string of the molecule is CC(=O)NCCNC(=O)Cc1c(C)nn(-c2ccccc2F)c1C. The standard InChI is InChI=1S/C17H21FN4O2/c1-11-14(10-17(24)20-9-8-19-13(3)23)12(2)22(21-11)16-7-5-4-6-15(16)18/h4-7H,8-10H2,1-3H3,(H,19,23)(H,20,24). The van der Waals surface area contributed by atoms with E-state index in [1.54, 1.807) is 25.1 Å². The summed E-state index contributed by atoms with van der Waals surface area (Å²) in [5, 5.41) is 9.70. The van der Waals surface area contributed by atoms with Gasteiger partial charge in [0.25, 0.3) is 0 Å². The molecule has 24 heavy (non-hydrogen) atoms. The lowest BCUT2D eigenvalue weighted by Gasteiger charge is -2.07. The van der Waals surface area contributed by atoms with Gasteiger partial charge in [0.15, 0.2) is 0 Å². The van der Waals surface area contributed by atoms with E-state index in [0.717, 1.165) is 11.3 Å². The molecule has 2 amide bonds. The minimum atomic E-state index is -0.366. The molecule has 0 aliphatic heterocycles. The molecule has 0 radical (unpaired) electrons. The van der Waals surface area contributed by atoms with Crippen LogP contribution in [0.1, 0.15) is 23.9 Å². The number of halogens is 1. The Morgan fingerprint density at radius 3 is 2.50 bits per heavy atom. The smallest absolute Gasteiger partial charge is 0.224 e. The minimum Gasteiger partial charge on any atom is -0.355 e. The predicted molar refractivity (Wildman–Crippen MR) is 88.4 cm³/mol. The summed E-state index contributed by atoms with van der Waals surface area (Å²) in [6.45, 7) is 5.77. The Hall–Kier alpha value is -2.70. The largest absolute Gasteiger partial charge is 0.355 e. The van der Waals surface area contributed by atoms with Crippen LogP contribution in [0.3, 0.4) is 0 Å². The summed E-state index contributed by atoms with van der Waals surface area (Å²) in [4.78, 5) is 22.8. The van der Waals surface area contributed by atoms with Crippen molar-refractivity contribution in [2.24, 2.45) is 0 Å². The van der Waals surface area contributed by atoms with Crippen LogP contribution < -0.4 is 10.6 Å². The Balaban J connectivity index is 2.08. The second-order valence-corrected chi connectivity index (χ2v) is 5.52. The molecular formula is C17H21FN4O2. The summed E-state index contributed by atoms with van der Waals surface area (Å²) >= 11 is 0. The Kier molecular flexibility index (Phi) is 5.68. The molecule has 0 atom stereocenters. The van der Waals surface area contributed by atoms with Gasteiger partial charge in [0.1, 0.15) is 11.5 Å². The maximum Gasteiger partial charge on any atom is 0.224 e. The molecule has 7 heteroatoms. The van der Waals surface area contributed by atoms with Gasteiger partial charge in [-0.15, -0.1) is 0 Å². The zero-order valence-electron chi connectivity index (χ0n) is 14.0. The number of hydrogen-bond donors (Lipinski definition) is 2. The van der Waals surface area contributed by atoms with E-state index in [4.69, 9.17) is 0 Å². The molecule has 0 unspecified atom stereocenters. The molecule has 1 aromatic heterocycles. The number of benzene rings is 1.